The molecule has 2 heterocycles. The van der Waals surface area contributed by atoms with Crippen molar-refractivity contribution in [3.05, 3.63) is 29.8 Å². The van der Waals surface area contributed by atoms with Crippen LogP contribution in [0.4, 0.5) is 0 Å². The highest BCUT2D eigenvalue weighted by atomic mass is 32.2. The van der Waals surface area contributed by atoms with Gasteiger partial charge in [-0.2, -0.15) is 4.31 Å². The zero-order chi connectivity index (χ0) is 21.0. The van der Waals surface area contributed by atoms with E-state index in [1.807, 2.05) is 0 Å². The summed E-state index contributed by atoms with van der Waals surface area (Å²) in [5.74, 6) is 0.989. The number of benzene rings is 1. The van der Waals surface area contributed by atoms with E-state index in [-0.39, 0.29) is 10.8 Å². The van der Waals surface area contributed by atoms with Gasteiger partial charge in [-0.15, -0.1) is 0 Å². The molecule has 2 aliphatic heterocycles. The summed E-state index contributed by atoms with van der Waals surface area (Å²) in [5.41, 5.74) is 0.412. The highest BCUT2D eigenvalue weighted by Crippen LogP contribution is 2.27. The summed E-state index contributed by atoms with van der Waals surface area (Å²) < 4.78 is 27.8. The van der Waals surface area contributed by atoms with Crippen LogP contribution in [0.25, 0.3) is 0 Å². The zero-order valence-electron chi connectivity index (χ0n) is 17.9. The average molecular weight is 422 g/mol. The summed E-state index contributed by atoms with van der Waals surface area (Å²) in [6, 6.07) is 6.47. The third-order valence-corrected chi connectivity index (χ3v) is 8.10. The smallest absolute Gasteiger partial charge is 0.251 e. The van der Waals surface area contributed by atoms with E-state index in [4.69, 9.17) is 0 Å². The highest BCUT2D eigenvalue weighted by Gasteiger charge is 2.32. The molecule has 2 fully saturated rings. The lowest BCUT2D eigenvalue weighted by atomic mass is 9.94. The fourth-order valence-corrected chi connectivity index (χ4v) is 6.32. The first-order valence-electron chi connectivity index (χ1n) is 10.9. The number of carbonyl (C=O) groups excluding carboxylic acids is 1. The summed E-state index contributed by atoms with van der Waals surface area (Å²) in [7, 11) is -3.58. The number of hydrogen-bond donors (Lipinski definition) is 1. The average Bonchev–Trinajstić information content (AvgIpc) is 2.71. The summed E-state index contributed by atoms with van der Waals surface area (Å²) in [6.45, 7) is 11.3. The molecule has 6 nitrogen and oxygen atoms in total. The van der Waals surface area contributed by atoms with Crippen LogP contribution in [0.15, 0.2) is 29.2 Å². The van der Waals surface area contributed by atoms with Gasteiger partial charge in [0.25, 0.3) is 5.91 Å². The quantitative estimate of drug-likeness (QED) is 0.767. The van der Waals surface area contributed by atoms with Crippen LogP contribution in [-0.2, 0) is 10.0 Å². The lowest BCUT2D eigenvalue weighted by molar-refractivity contribution is 0.0936. The van der Waals surface area contributed by atoms with E-state index in [0.29, 0.717) is 43.0 Å². The number of piperidine rings is 2. The number of sulfonamides is 1. The van der Waals surface area contributed by atoms with Crippen molar-refractivity contribution in [3.8, 4) is 0 Å². The van der Waals surface area contributed by atoms with E-state index in [0.717, 1.165) is 38.9 Å². The first-order chi connectivity index (χ1) is 13.8. The topological polar surface area (TPSA) is 69.7 Å². The third-order valence-electron chi connectivity index (χ3n) is 6.28. The van der Waals surface area contributed by atoms with Gasteiger partial charge in [0.05, 0.1) is 4.90 Å². The molecular formula is C22H35N3O3S. The summed E-state index contributed by atoms with van der Waals surface area (Å²) in [4.78, 5) is 15.3. The van der Waals surface area contributed by atoms with Crippen molar-refractivity contribution in [2.45, 2.75) is 44.9 Å². The van der Waals surface area contributed by atoms with E-state index >= 15 is 0 Å². The van der Waals surface area contributed by atoms with Crippen LogP contribution >= 0.6 is 0 Å². The molecule has 0 aromatic heterocycles. The minimum absolute atomic E-state index is 0.194. The summed E-state index contributed by atoms with van der Waals surface area (Å²) in [6.07, 6.45) is 3.23. The molecule has 1 amide bonds. The SMILES string of the molecule is CCN1CCC(CNC(=O)c2cccc(S(=O)(=O)N3C[C@@H](C)C[C@H](C)C3)c2)CC1. The van der Waals surface area contributed by atoms with E-state index in [1.165, 1.54) is 6.07 Å². The second-order valence-electron chi connectivity index (χ2n) is 8.88. The van der Waals surface area contributed by atoms with Crippen LogP contribution < -0.4 is 5.32 Å². The Balaban J connectivity index is 1.63. The van der Waals surface area contributed by atoms with Gasteiger partial charge in [-0.3, -0.25) is 4.79 Å². The van der Waals surface area contributed by atoms with Crippen molar-refractivity contribution in [2.24, 2.45) is 17.8 Å². The number of amides is 1. The Bertz CT molecular complexity index is 793. The minimum atomic E-state index is -3.58. The van der Waals surface area contributed by atoms with Gasteiger partial charge in [0, 0.05) is 25.2 Å². The van der Waals surface area contributed by atoms with Crippen molar-refractivity contribution in [2.75, 3.05) is 39.3 Å². The minimum Gasteiger partial charge on any atom is -0.352 e. The van der Waals surface area contributed by atoms with Gasteiger partial charge < -0.3 is 10.2 Å². The van der Waals surface area contributed by atoms with Crippen molar-refractivity contribution >= 4 is 15.9 Å². The number of rotatable bonds is 6. The van der Waals surface area contributed by atoms with Gasteiger partial charge in [0.1, 0.15) is 0 Å². The van der Waals surface area contributed by atoms with E-state index in [9.17, 15) is 13.2 Å². The van der Waals surface area contributed by atoms with Crippen LogP contribution in [0.5, 0.6) is 0 Å². The third kappa shape index (κ3) is 5.58. The molecule has 1 N–H and O–H groups in total. The monoisotopic (exact) mass is 421 g/mol. The lowest BCUT2D eigenvalue weighted by Crippen LogP contribution is -2.42. The maximum atomic E-state index is 13.1. The van der Waals surface area contributed by atoms with Crippen molar-refractivity contribution in [3.63, 3.8) is 0 Å². The molecular weight excluding hydrogens is 386 g/mol. The maximum absolute atomic E-state index is 13.1. The molecule has 0 radical (unpaired) electrons. The largest absolute Gasteiger partial charge is 0.352 e. The Labute approximate surface area is 175 Å². The van der Waals surface area contributed by atoms with Gasteiger partial charge in [-0.25, -0.2) is 8.42 Å². The van der Waals surface area contributed by atoms with Crippen LogP contribution in [0.2, 0.25) is 0 Å². The molecule has 162 valence electrons. The Morgan fingerprint density at radius 1 is 1.14 bits per heavy atom. The van der Waals surface area contributed by atoms with Crippen LogP contribution in [0, 0.1) is 17.8 Å². The molecule has 7 heteroatoms. The van der Waals surface area contributed by atoms with Gasteiger partial charge in [-0.05, 0) is 74.8 Å². The molecule has 2 saturated heterocycles. The predicted molar refractivity (Wildman–Crippen MR) is 115 cm³/mol. The molecule has 0 spiro atoms. The molecule has 2 aliphatic rings. The number of hydrogen-bond acceptors (Lipinski definition) is 4. The van der Waals surface area contributed by atoms with Gasteiger partial charge in [0.2, 0.25) is 10.0 Å². The molecule has 0 bridgehead atoms. The normalized spacial score (nSPS) is 25.1. The molecule has 0 saturated carbocycles. The Morgan fingerprint density at radius 2 is 1.79 bits per heavy atom. The standard InChI is InChI=1S/C22H35N3O3S/c1-4-24-10-8-19(9-11-24)14-23-22(26)20-6-5-7-21(13-20)29(27,28)25-15-17(2)12-18(3)16-25/h5-7,13,17-19H,4,8-12,14-16H2,1-3H3,(H,23,26)/t17-,18-/m0/s1. The van der Waals surface area contributed by atoms with Gasteiger partial charge in [-0.1, -0.05) is 26.8 Å². The molecule has 3 rings (SSSR count). The lowest BCUT2D eigenvalue weighted by Gasteiger charge is -2.34. The second-order valence-corrected chi connectivity index (χ2v) is 10.8. The van der Waals surface area contributed by atoms with E-state index in [2.05, 4.69) is 31.0 Å². The van der Waals surface area contributed by atoms with E-state index < -0.39 is 10.0 Å². The van der Waals surface area contributed by atoms with Gasteiger partial charge >= 0.3 is 0 Å². The summed E-state index contributed by atoms with van der Waals surface area (Å²) in [5, 5.41) is 3.01. The van der Waals surface area contributed by atoms with Crippen molar-refractivity contribution < 1.29 is 13.2 Å². The second kappa shape index (κ2) is 9.58. The fraction of sp³-hybridized carbons (Fsp3) is 0.682. The maximum Gasteiger partial charge on any atom is 0.251 e. The van der Waals surface area contributed by atoms with Crippen LogP contribution in [-0.4, -0.2) is 62.8 Å². The number of nitrogens with zero attached hydrogens (tertiary/aromatic N) is 2. The Morgan fingerprint density at radius 3 is 2.41 bits per heavy atom. The molecule has 2 atom stereocenters. The van der Waals surface area contributed by atoms with Crippen molar-refractivity contribution in [1.82, 2.24) is 14.5 Å². The first kappa shape index (κ1) is 22.2. The van der Waals surface area contributed by atoms with Crippen LogP contribution in [0.1, 0.15) is 50.4 Å². The summed E-state index contributed by atoms with van der Waals surface area (Å²) >= 11 is 0. The Hall–Kier alpha value is -1.44. The fourth-order valence-electron chi connectivity index (χ4n) is 4.59. The first-order valence-corrected chi connectivity index (χ1v) is 12.3. The number of likely N-dealkylation sites (tertiary alicyclic amines) is 1. The van der Waals surface area contributed by atoms with Crippen molar-refractivity contribution in [1.29, 1.82) is 0 Å². The molecule has 29 heavy (non-hydrogen) atoms. The zero-order valence-corrected chi connectivity index (χ0v) is 18.7. The number of nitrogens with one attached hydrogen (secondary N) is 1. The highest BCUT2D eigenvalue weighted by molar-refractivity contribution is 7.89. The molecule has 0 aliphatic carbocycles. The molecule has 1 aromatic carbocycles. The Kier molecular flexibility index (Phi) is 7.35. The predicted octanol–water partition coefficient (Wildman–Crippen LogP) is 2.81. The molecule has 1 aromatic rings. The molecule has 0 unspecified atom stereocenters. The number of carbonyl (C=O) groups is 1. The van der Waals surface area contributed by atoms with Gasteiger partial charge in [0.15, 0.2) is 0 Å². The van der Waals surface area contributed by atoms with Crippen LogP contribution in [0.3, 0.4) is 0 Å². The van der Waals surface area contributed by atoms with E-state index in [1.54, 1.807) is 22.5 Å².